The standard InChI is InChI=1S/C20H40N2O3S/c1-4-15-26-17-20(8-5-6-9-20)16-22-19(23)21-10-12-25-14-13-24-11-7-18(2)3/h18H,4-17H2,1-3H3,(H2,21,22,23). The van der Waals surface area contributed by atoms with Gasteiger partial charge in [0, 0.05) is 25.4 Å². The highest BCUT2D eigenvalue weighted by molar-refractivity contribution is 7.99. The van der Waals surface area contributed by atoms with Crippen LogP contribution in [0.1, 0.15) is 59.3 Å². The number of carbonyl (C=O) groups is 1. The maximum absolute atomic E-state index is 12.0. The summed E-state index contributed by atoms with van der Waals surface area (Å²) in [4.78, 5) is 12.0. The summed E-state index contributed by atoms with van der Waals surface area (Å²) in [6, 6.07) is -0.0754. The molecule has 5 nitrogen and oxygen atoms in total. The smallest absolute Gasteiger partial charge is 0.314 e. The first-order valence-corrected chi connectivity index (χ1v) is 11.5. The van der Waals surface area contributed by atoms with E-state index in [1.165, 1.54) is 43.6 Å². The van der Waals surface area contributed by atoms with E-state index in [0.29, 0.717) is 37.7 Å². The monoisotopic (exact) mass is 388 g/mol. The maximum atomic E-state index is 12.0. The highest BCUT2D eigenvalue weighted by atomic mass is 32.2. The quantitative estimate of drug-likeness (QED) is 0.415. The Labute approximate surface area is 164 Å². The molecule has 0 heterocycles. The summed E-state index contributed by atoms with van der Waals surface area (Å²) < 4.78 is 11.0. The normalized spacial score (nSPS) is 16.2. The van der Waals surface area contributed by atoms with E-state index in [-0.39, 0.29) is 6.03 Å². The van der Waals surface area contributed by atoms with Crippen LogP contribution < -0.4 is 10.6 Å². The molecule has 1 rings (SSSR count). The van der Waals surface area contributed by atoms with Gasteiger partial charge in [-0.2, -0.15) is 11.8 Å². The number of rotatable bonds is 15. The molecule has 0 saturated heterocycles. The molecule has 1 aliphatic carbocycles. The van der Waals surface area contributed by atoms with Gasteiger partial charge in [-0.3, -0.25) is 0 Å². The third kappa shape index (κ3) is 11.3. The van der Waals surface area contributed by atoms with Gasteiger partial charge >= 0.3 is 6.03 Å². The van der Waals surface area contributed by atoms with Crippen molar-refractivity contribution in [1.82, 2.24) is 10.6 Å². The molecule has 1 fully saturated rings. The van der Waals surface area contributed by atoms with Crippen LogP contribution in [0.2, 0.25) is 0 Å². The van der Waals surface area contributed by atoms with Crippen molar-refractivity contribution in [3.63, 3.8) is 0 Å². The first kappa shape index (κ1) is 23.6. The minimum absolute atomic E-state index is 0.0754. The van der Waals surface area contributed by atoms with E-state index < -0.39 is 0 Å². The van der Waals surface area contributed by atoms with Gasteiger partial charge in [-0.1, -0.05) is 33.6 Å². The fourth-order valence-corrected chi connectivity index (χ4v) is 4.39. The number of urea groups is 1. The summed E-state index contributed by atoms with van der Waals surface area (Å²) in [7, 11) is 0. The second-order valence-corrected chi connectivity index (χ2v) is 8.88. The Morgan fingerprint density at radius 1 is 1.08 bits per heavy atom. The molecule has 26 heavy (non-hydrogen) atoms. The third-order valence-corrected chi connectivity index (χ3v) is 6.30. The number of thioether (sulfide) groups is 1. The van der Waals surface area contributed by atoms with Crippen LogP contribution in [0, 0.1) is 11.3 Å². The summed E-state index contributed by atoms with van der Waals surface area (Å²) in [6.07, 6.45) is 7.37. The first-order chi connectivity index (χ1) is 12.6. The van der Waals surface area contributed by atoms with E-state index in [1.807, 2.05) is 11.8 Å². The molecule has 0 aliphatic heterocycles. The van der Waals surface area contributed by atoms with Crippen LogP contribution in [-0.4, -0.2) is 57.1 Å². The van der Waals surface area contributed by atoms with Crippen molar-refractivity contribution in [3.8, 4) is 0 Å². The van der Waals surface area contributed by atoms with Crippen LogP contribution in [0.3, 0.4) is 0 Å². The molecule has 0 spiro atoms. The van der Waals surface area contributed by atoms with Gasteiger partial charge in [-0.05, 0) is 42.8 Å². The largest absolute Gasteiger partial charge is 0.379 e. The van der Waals surface area contributed by atoms with Crippen LogP contribution in [0.5, 0.6) is 0 Å². The van der Waals surface area contributed by atoms with Gasteiger partial charge in [0.15, 0.2) is 0 Å². The summed E-state index contributed by atoms with van der Waals surface area (Å²) in [5.41, 5.74) is 0.307. The van der Waals surface area contributed by atoms with E-state index >= 15 is 0 Å². The summed E-state index contributed by atoms with van der Waals surface area (Å²) in [5.74, 6) is 3.06. The van der Waals surface area contributed by atoms with Crippen molar-refractivity contribution < 1.29 is 14.3 Å². The number of hydrogen-bond donors (Lipinski definition) is 2. The fourth-order valence-electron chi connectivity index (χ4n) is 3.14. The van der Waals surface area contributed by atoms with Crippen molar-refractivity contribution in [2.24, 2.45) is 11.3 Å². The zero-order valence-electron chi connectivity index (χ0n) is 17.1. The predicted octanol–water partition coefficient (Wildman–Crippen LogP) is 4.07. The molecule has 2 amide bonds. The van der Waals surface area contributed by atoms with Gasteiger partial charge in [0.25, 0.3) is 0 Å². The Morgan fingerprint density at radius 3 is 2.42 bits per heavy atom. The average molecular weight is 389 g/mol. The predicted molar refractivity (Wildman–Crippen MR) is 111 cm³/mol. The number of nitrogens with one attached hydrogen (secondary N) is 2. The highest BCUT2D eigenvalue weighted by Crippen LogP contribution is 2.40. The van der Waals surface area contributed by atoms with Gasteiger partial charge in [-0.15, -0.1) is 0 Å². The number of carbonyl (C=O) groups excluding carboxylic acids is 1. The van der Waals surface area contributed by atoms with Crippen molar-refractivity contribution in [3.05, 3.63) is 0 Å². The van der Waals surface area contributed by atoms with Gasteiger partial charge in [-0.25, -0.2) is 4.79 Å². The molecule has 0 aromatic carbocycles. The molecule has 0 bridgehead atoms. The molecule has 0 atom stereocenters. The SMILES string of the molecule is CCCSCC1(CNC(=O)NCCOCCOCCC(C)C)CCCC1. The molecule has 0 radical (unpaired) electrons. The van der Waals surface area contributed by atoms with Crippen molar-refractivity contribution in [1.29, 1.82) is 0 Å². The molecule has 0 aromatic rings. The van der Waals surface area contributed by atoms with Crippen LogP contribution in [0.4, 0.5) is 4.79 Å². The topological polar surface area (TPSA) is 59.6 Å². The minimum Gasteiger partial charge on any atom is -0.379 e. The lowest BCUT2D eigenvalue weighted by atomic mass is 9.88. The van der Waals surface area contributed by atoms with E-state index in [1.54, 1.807) is 0 Å². The Balaban J connectivity index is 2.01. The van der Waals surface area contributed by atoms with Gasteiger partial charge in [0.05, 0.1) is 19.8 Å². The average Bonchev–Trinajstić information content (AvgIpc) is 3.08. The molecule has 0 unspecified atom stereocenters. The van der Waals surface area contributed by atoms with Crippen LogP contribution in [0.15, 0.2) is 0 Å². The summed E-state index contributed by atoms with van der Waals surface area (Å²) in [5, 5.41) is 5.96. The van der Waals surface area contributed by atoms with Gasteiger partial charge in [0.1, 0.15) is 0 Å². The zero-order valence-corrected chi connectivity index (χ0v) is 17.9. The minimum atomic E-state index is -0.0754. The van der Waals surface area contributed by atoms with Gasteiger partial charge in [0.2, 0.25) is 0 Å². The first-order valence-electron chi connectivity index (χ1n) is 10.3. The Morgan fingerprint density at radius 2 is 1.77 bits per heavy atom. The second-order valence-electron chi connectivity index (χ2n) is 7.78. The van der Waals surface area contributed by atoms with Crippen LogP contribution in [-0.2, 0) is 9.47 Å². The Kier molecular flexibility index (Phi) is 13.2. The van der Waals surface area contributed by atoms with Crippen molar-refractivity contribution in [2.45, 2.75) is 59.3 Å². The fraction of sp³-hybridized carbons (Fsp3) is 0.950. The molecular weight excluding hydrogens is 348 g/mol. The second kappa shape index (κ2) is 14.6. The lowest BCUT2D eigenvalue weighted by Crippen LogP contribution is -2.43. The maximum Gasteiger partial charge on any atom is 0.314 e. The molecule has 0 aromatic heterocycles. The van der Waals surface area contributed by atoms with Crippen LogP contribution in [0.25, 0.3) is 0 Å². The van der Waals surface area contributed by atoms with E-state index in [2.05, 4.69) is 31.4 Å². The third-order valence-electron chi connectivity index (χ3n) is 4.79. The lowest BCUT2D eigenvalue weighted by molar-refractivity contribution is 0.0455. The number of ether oxygens (including phenoxy) is 2. The number of amides is 2. The molecule has 1 aliphatic rings. The van der Waals surface area contributed by atoms with E-state index in [0.717, 1.165) is 19.6 Å². The molecule has 2 N–H and O–H groups in total. The van der Waals surface area contributed by atoms with E-state index in [4.69, 9.17) is 9.47 Å². The van der Waals surface area contributed by atoms with Crippen LogP contribution >= 0.6 is 11.8 Å². The van der Waals surface area contributed by atoms with Crippen molar-refractivity contribution >= 4 is 17.8 Å². The molecule has 1 saturated carbocycles. The van der Waals surface area contributed by atoms with Crippen molar-refractivity contribution in [2.75, 3.05) is 51.0 Å². The summed E-state index contributed by atoms with van der Waals surface area (Å²) >= 11 is 2.03. The molecule has 6 heteroatoms. The molecule has 154 valence electrons. The Hall–Kier alpha value is -0.460. The van der Waals surface area contributed by atoms with E-state index in [9.17, 15) is 4.79 Å². The summed E-state index contributed by atoms with van der Waals surface area (Å²) in [6.45, 7) is 10.5. The lowest BCUT2D eigenvalue weighted by Gasteiger charge is -2.29. The highest BCUT2D eigenvalue weighted by Gasteiger charge is 2.33. The van der Waals surface area contributed by atoms with Gasteiger partial charge < -0.3 is 20.1 Å². The molecular formula is C20H40N2O3S. The zero-order chi connectivity index (χ0) is 19.1. The number of hydrogen-bond acceptors (Lipinski definition) is 4. The Bertz CT molecular complexity index is 361.